The molecule has 0 saturated carbocycles. The summed E-state index contributed by atoms with van der Waals surface area (Å²) in [6, 6.07) is 8.94. The number of alkyl halides is 3. The van der Waals surface area contributed by atoms with Crippen molar-refractivity contribution in [2.45, 2.75) is 6.36 Å². The zero-order valence-corrected chi connectivity index (χ0v) is 15.6. The molecular weight excluding hydrogens is 449 g/mol. The second kappa shape index (κ2) is 6.58. The number of benzene rings is 2. The largest absolute Gasteiger partial charge is 0.573 e. The van der Waals surface area contributed by atoms with Gasteiger partial charge in [0.2, 0.25) is 0 Å². The van der Waals surface area contributed by atoms with Gasteiger partial charge in [-0.1, -0.05) is 11.6 Å². The van der Waals surface area contributed by atoms with Crippen LogP contribution in [0.25, 0.3) is 16.7 Å². The van der Waals surface area contributed by atoms with E-state index in [4.69, 9.17) is 11.6 Å². The quantitative estimate of drug-likeness (QED) is 0.414. The van der Waals surface area contributed by atoms with Crippen molar-refractivity contribution in [1.29, 1.82) is 0 Å². The maximum atomic E-state index is 12.3. The normalized spacial score (nSPS) is 11.9. The number of imidazole rings is 1. The van der Waals surface area contributed by atoms with Crippen LogP contribution in [0.3, 0.4) is 0 Å². The van der Waals surface area contributed by atoms with Gasteiger partial charge >= 0.3 is 6.36 Å². The van der Waals surface area contributed by atoms with Crippen LogP contribution in [0.15, 0.2) is 53.3 Å². The zero-order chi connectivity index (χ0) is 19.2. The third-order valence-corrected chi connectivity index (χ3v) is 5.00. The van der Waals surface area contributed by atoms with Crippen LogP contribution in [-0.2, 0) is 0 Å². The fraction of sp³-hybridized carbons (Fsp3) is 0.0588. The molecule has 0 bridgehead atoms. The number of ether oxygens (including phenoxy) is 1. The number of nitrogens with zero attached hydrogens (tertiary/aromatic N) is 3. The third-order valence-electron chi connectivity index (χ3n) is 3.72. The van der Waals surface area contributed by atoms with E-state index in [9.17, 15) is 13.2 Å². The first-order valence-electron chi connectivity index (χ1n) is 7.55. The van der Waals surface area contributed by atoms with Gasteiger partial charge in [0.05, 0.1) is 16.1 Å². The standard InChI is InChI=1S/C17H9BrClF3N4O/c18-11-5-6-12-14(13(11)19)26-8-7-23-16(26)15(25-12)24-9-1-3-10(4-2-9)27-17(20,21)22/h1-8H,(H,24,25). The maximum absolute atomic E-state index is 12.3. The first-order chi connectivity index (χ1) is 12.8. The van der Waals surface area contributed by atoms with E-state index in [0.29, 0.717) is 33.2 Å². The highest BCUT2D eigenvalue weighted by Gasteiger charge is 2.31. The molecule has 1 N–H and O–H groups in total. The second-order valence-electron chi connectivity index (χ2n) is 5.51. The van der Waals surface area contributed by atoms with Crippen molar-refractivity contribution in [2.75, 3.05) is 5.32 Å². The predicted octanol–water partition coefficient (Wildman–Crippen LogP) is 5.94. The number of rotatable bonds is 3. The van der Waals surface area contributed by atoms with Crippen LogP contribution >= 0.6 is 27.5 Å². The molecule has 0 saturated heterocycles. The average molecular weight is 458 g/mol. The van der Waals surface area contributed by atoms with E-state index in [-0.39, 0.29) is 5.75 Å². The Hall–Kier alpha value is -2.52. The van der Waals surface area contributed by atoms with Gasteiger partial charge in [0.25, 0.3) is 0 Å². The van der Waals surface area contributed by atoms with Crippen LogP contribution in [0, 0.1) is 0 Å². The van der Waals surface area contributed by atoms with E-state index in [1.807, 2.05) is 0 Å². The molecule has 4 aromatic rings. The van der Waals surface area contributed by atoms with Gasteiger partial charge < -0.3 is 10.1 Å². The van der Waals surface area contributed by atoms with E-state index in [0.717, 1.165) is 4.47 Å². The highest BCUT2D eigenvalue weighted by Crippen LogP contribution is 2.33. The summed E-state index contributed by atoms with van der Waals surface area (Å²) in [5.41, 5.74) is 2.38. The molecular formula is C17H9BrClF3N4O. The molecule has 0 radical (unpaired) electrons. The van der Waals surface area contributed by atoms with Crippen molar-refractivity contribution >= 4 is 55.7 Å². The van der Waals surface area contributed by atoms with Gasteiger partial charge in [-0.3, -0.25) is 4.40 Å². The summed E-state index contributed by atoms with van der Waals surface area (Å²) in [7, 11) is 0. The molecule has 0 aliphatic rings. The summed E-state index contributed by atoms with van der Waals surface area (Å²) in [5, 5.41) is 3.57. The summed E-state index contributed by atoms with van der Waals surface area (Å²) in [5.74, 6) is 0.137. The molecule has 5 nitrogen and oxygen atoms in total. The van der Waals surface area contributed by atoms with E-state index in [1.54, 1.807) is 28.9 Å². The number of nitrogens with one attached hydrogen (secondary N) is 1. The first kappa shape index (κ1) is 17.9. The van der Waals surface area contributed by atoms with Crippen molar-refractivity contribution in [1.82, 2.24) is 14.4 Å². The second-order valence-corrected chi connectivity index (χ2v) is 6.74. The fourth-order valence-electron chi connectivity index (χ4n) is 2.64. The minimum absolute atomic E-state index is 0.304. The zero-order valence-electron chi connectivity index (χ0n) is 13.3. The fourth-order valence-corrected chi connectivity index (χ4v) is 3.21. The summed E-state index contributed by atoms with van der Waals surface area (Å²) in [6.07, 6.45) is -1.37. The van der Waals surface area contributed by atoms with E-state index in [1.165, 1.54) is 24.3 Å². The smallest absolute Gasteiger partial charge is 0.406 e. The van der Waals surface area contributed by atoms with E-state index < -0.39 is 6.36 Å². The SMILES string of the molecule is FC(F)(F)Oc1ccc(Nc2nc3ccc(Br)c(Cl)c3n3ccnc23)cc1. The van der Waals surface area contributed by atoms with Crippen LogP contribution in [0.4, 0.5) is 24.7 Å². The topological polar surface area (TPSA) is 51.5 Å². The molecule has 10 heteroatoms. The lowest BCUT2D eigenvalue weighted by atomic mass is 10.3. The Morgan fingerprint density at radius 1 is 1.11 bits per heavy atom. The Labute approximate surface area is 163 Å². The highest BCUT2D eigenvalue weighted by molar-refractivity contribution is 9.10. The lowest BCUT2D eigenvalue weighted by molar-refractivity contribution is -0.274. The van der Waals surface area contributed by atoms with Crippen LogP contribution in [0.5, 0.6) is 5.75 Å². The average Bonchev–Trinajstić information content (AvgIpc) is 3.08. The molecule has 0 fully saturated rings. The van der Waals surface area contributed by atoms with Gasteiger partial charge in [0.1, 0.15) is 5.75 Å². The molecule has 0 aliphatic carbocycles. The molecule has 2 heterocycles. The van der Waals surface area contributed by atoms with Crippen molar-refractivity contribution in [3.8, 4) is 5.75 Å². The molecule has 0 amide bonds. The number of anilines is 2. The molecule has 2 aromatic carbocycles. The van der Waals surface area contributed by atoms with E-state index in [2.05, 4.69) is 36.0 Å². The van der Waals surface area contributed by atoms with Gasteiger partial charge in [0.15, 0.2) is 11.5 Å². The molecule has 4 rings (SSSR count). The number of halogens is 5. The van der Waals surface area contributed by atoms with Gasteiger partial charge in [0, 0.05) is 22.6 Å². The molecule has 0 aliphatic heterocycles. The first-order valence-corrected chi connectivity index (χ1v) is 8.72. The minimum Gasteiger partial charge on any atom is -0.406 e. The van der Waals surface area contributed by atoms with Gasteiger partial charge in [-0.2, -0.15) is 0 Å². The Morgan fingerprint density at radius 2 is 1.85 bits per heavy atom. The number of hydrogen-bond donors (Lipinski definition) is 1. The molecule has 138 valence electrons. The van der Waals surface area contributed by atoms with Crippen LogP contribution in [0.2, 0.25) is 5.02 Å². The van der Waals surface area contributed by atoms with Gasteiger partial charge in [-0.25, -0.2) is 9.97 Å². The molecule has 2 aromatic heterocycles. The lowest BCUT2D eigenvalue weighted by Crippen LogP contribution is -2.17. The Bertz CT molecular complexity index is 1150. The number of fused-ring (bicyclic) bond motifs is 3. The number of aromatic nitrogens is 3. The monoisotopic (exact) mass is 456 g/mol. The Kier molecular flexibility index (Phi) is 4.35. The van der Waals surface area contributed by atoms with Crippen LogP contribution in [0.1, 0.15) is 0 Å². The number of hydrogen-bond acceptors (Lipinski definition) is 4. The minimum atomic E-state index is -4.73. The molecule has 0 unspecified atom stereocenters. The maximum Gasteiger partial charge on any atom is 0.573 e. The van der Waals surface area contributed by atoms with Crippen LogP contribution < -0.4 is 10.1 Å². The Morgan fingerprint density at radius 3 is 2.56 bits per heavy atom. The molecule has 0 spiro atoms. The molecule has 0 atom stereocenters. The molecule has 27 heavy (non-hydrogen) atoms. The van der Waals surface area contributed by atoms with Gasteiger partial charge in [-0.15, -0.1) is 13.2 Å². The summed E-state index contributed by atoms with van der Waals surface area (Å²) in [6.45, 7) is 0. The van der Waals surface area contributed by atoms with Crippen molar-refractivity contribution in [3.05, 3.63) is 58.3 Å². The van der Waals surface area contributed by atoms with Gasteiger partial charge in [-0.05, 0) is 52.3 Å². The highest BCUT2D eigenvalue weighted by atomic mass is 79.9. The lowest BCUT2D eigenvalue weighted by Gasteiger charge is -2.12. The van der Waals surface area contributed by atoms with E-state index >= 15 is 0 Å². The summed E-state index contributed by atoms with van der Waals surface area (Å²) < 4.78 is 43.2. The van der Waals surface area contributed by atoms with Crippen LogP contribution in [-0.4, -0.2) is 20.7 Å². The van der Waals surface area contributed by atoms with Crippen molar-refractivity contribution in [2.24, 2.45) is 0 Å². The summed E-state index contributed by atoms with van der Waals surface area (Å²) >= 11 is 9.77. The third kappa shape index (κ3) is 3.52. The predicted molar refractivity (Wildman–Crippen MR) is 99.6 cm³/mol. The Balaban J connectivity index is 1.74. The summed E-state index contributed by atoms with van der Waals surface area (Å²) in [4.78, 5) is 8.84. The van der Waals surface area contributed by atoms with Crippen molar-refractivity contribution < 1.29 is 17.9 Å². The van der Waals surface area contributed by atoms with Crippen molar-refractivity contribution in [3.63, 3.8) is 0 Å².